The summed E-state index contributed by atoms with van der Waals surface area (Å²) in [5.74, 6) is -4.08. The van der Waals surface area contributed by atoms with Gasteiger partial charge < -0.3 is 10.2 Å². The van der Waals surface area contributed by atoms with Crippen molar-refractivity contribution in [2.24, 2.45) is 0 Å². The quantitative estimate of drug-likeness (QED) is 0.374. The smallest absolute Gasteiger partial charge is 0.417 e. The van der Waals surface area contributed by atoms with E-state index in [0.717, 1.165) is 24.3 Å². The van der Waals surface area contributed by atoms with Crippen molar-refractivity contribution in [2.45, 2.75) is 6.18 Å². The number of halogens is 5. The van der Waals surface area contributed by atoms with E-state index in [9.17, 15) is 32.3 Å². The second-order valence-corrected chi connectivity index (χ2v) is 7.34. The van der Waals surface area contributed by atoms with Crippen molar-refractivity contribution in [1.82, 2.24) is 9.78 Å². The Labute approximate surface area is 187 Å². The number of carbonyl (C=O) groups is 2. The number of carbonyl (C=O) groups excluding carboxylic acids is 1. The first-order valence-corrected chi connectivity index (χ1v) is 9.52. The summed E-state index contributed by atoms with van der Waals surface area (Å²) in [6.45, 7) is 0. The molecule has 0 spiro atoms. The molecule has 3 aromatic carbocycles. The number of phenolic OH excluding ortho intramolecular Hbond substituents is 1. The summed E-state index contributed by atoms with van der Waals surface area (Å²) in [6.07, 6.45) is -4.91. The predicted molar refractivity (Wildman–Crippen MR) is 110 cm³/mol. The van der Waals surface area contributed by atoms with Gasteiger partial charge in [-0.3, -0.25) is 4.79 Å². The SMILES string of the molecule is O=C(O)c1ccc(-c2nn(C(=O)c3c(Cl)cccc3C(F)(F)F)c3cc(O)cc(F)c23)cc1. The summed E-state index contributed by atoms with van der Waals surface area (Å²) in [5, 5.41) is 22.2. The van der Waals surface area contributed by atoms with Crippen molar-refractivity contribution in [3.63, 3.8) is 0 Å². The van der Waals surface area contributed by atoms with Crippen LogP contribution in [-0.4, -0.2) is 31.9 Å². The van der Waals surface area contributed by atoms with Gasteiger partial charge in [0.1, 0.15) is 17.3 Å². The van der Waals surface area contributed by atoms with Crippen LogP contribution in [0.4, 0.5) is 17.6 Å². The van der Waals surface area contributed by atoms with Gasteiger partial charge in [-0.2, -0.15) is 23.0 Å². The number of aromatic hydroxyl groups is 1. The molecule has 0 unspecified atom stereocenters. The molecule has 4 rings (SSSR count). The molecule has 1 heterocycles. The van der Waals surface area contributed by atoms with E-state index in [1.165, 1.54) is 24.3 Å². The minimum absolute atomic E-state index is 0.0671. The average Bonchev–Trinajstić information content (AvgIpc) is 3.12. The highest BCUT2D eigenvalue weighted by Gasteiger charge is 2.37. The summed E-state index contributed by atoms with van der Waals surface area (Å²) >= 11 is 5.92. The number of fused-ring (bicyclic) bond motifs is 1. The standard InChI is InChI=1S/C22H11ClF4N2O4/c23-14-3-1-2-13(22(25,26)27)17(14)20(31)29-16-9-12(30)8-15(24)18(16)19(28-29)10-4-6-11(7-5-10)21(32)33/h1-9,30H,(H,32,33). The topological polar surface area (TPSA) is 92.4 Å². The van der Waals surface area contributed by atoms with Crippen LogP contribution in [-0.2, 0) is 6.18 Å². The van der Waals surface area contributed by atoms with E-state index in [0.29, 0.717) is 10.7 Å². The highest BCUT2D eigenvalue weighted by Crippen LogP contribution is 2.37. The third-order valence-electron chi connectivity index (χ3n) is 4.85. The molecule has 0 aliphatic heterocycles. The summed E-state index contributed by atoms with van der Waals surface area (Å²) in [5.41, 5.74) is -2.53. The van der Waals surface area contributed by atoms with Crippen LogP contribution in [0.3, 0.4) is 0 Å². The molecule has 0 bridgehead atoms. The zero-order valence-corrected chi connectivity index (χ0v) is 16.9. The zero-order chi connectivity index (χ0) is 24.1. The Kier molecular flexibility index (Phi) is 5.33. The van der Waals surface area contributed by atoms with Crippen molar-refractivity contribution in [3.05, 3.63) is 82.1 Å². The van der Waals surface area contributed by atoms with Crippen molar-refractivity contribution < 1.29 is 37.4 Å². The van der Waals surface area contributed by atoms with Gasteiger partial charge in [-0.15, -0.1) is 0 Å². The van der Waals surface area contributed by atoms with Gasteiger partial charge in [0, 0.05) is 17.7 Å². The van der Waals surface area contributed by atoms with Crippen molar-refractivity contribution in [2.75, 3.05) is 0 Å². The van der Waals surface area contributed by atoms with Gasteiger partial charge in [-0.25, -0.2) is 9.18 Å². The van der Waals surface area contributed by atoms with E-state index in [1.54, 1.807) is 0 Å². The molecule has 0 saturated heterocycles. The van der Waals surface area contributed by atoms with Crippen LogP contribution < -0.4 is 0 Å². The maximum Gasteiger partial charge on any atom is 0.417 e. The molecule has 6 nitrogen and oxygen atoms in total. The Morgan fingerprint density at radius 3 is 2.30 bits per heavy atom. The van der Waals surface area contributed by atoms with Crippen molar-refractivity contribution in [3.8, 4) is 17.0 Å². The van der Waals surface area contributed by atoms with E-state index in [4.69, 9.17) is 16.7 Å². The van der Waals surface area contributed by atoms with Gasteiger partial charge in [0.25, 0.3) is 5.91 Å². The van der Waals surface area contributed by atoms with Gasteiger partial charge >= 0.3 is 12.1 Å². The van der Waals surface area contributed by atoms with Crippen LogP contribution in [0.1, 0.15) is 26.3 Å². The van der Waals surface area contributed by atoms with E-state index < -0.39 is 45.8 Å². The first kappa shape index (κ1) is 22.3. The number of hydrogen-bond donors (Lipinski definition) is 2. The van der Waals surface area contributed by atoms with Crippen LogP contribution in [0.25, 0.3) is 22.2 Å². The monoisotopic (exact) mass is 478 g/mol. The van der Waals surface area contributed by atoms with Gasteiger partial charge in [0.05, 0.1) is 32.6 Å². The highest BCUT2D eigenvalue weighted by molar-refractivity contribution is 6.34. The molecule has 4 aromatic rings. The molecule has 0 aliphatic carbocycles. The Balaban J connectivity index is 1.99. The normalized spacial score (nSPS) is 11.7. The van der Waals surface area contributed by atoms with Gasteiger partial charge in [-0.05, 0) is 24.3 Å². The van der Waals surface area contributed by atoms with Gasteiger partial charge in [0.2, 0.25) is 0 Å². The number of phenols is 1. The van der Waals surface area contributed by atoms with Crippen LogP contribution in [0.2, 0.25) is 5.02 Å². The number of aromatic nitrogens is 2. The fourth-order valence-corrected chi connectivity index (χ4v) is 3.65. The Morgan fingerprint density at radius 2 is 1.70 bits per heavy atom. The molecule has 0 radical (unpaired) electrons. The first-order chi connectivity index (χ1) is 15.5. The zero-order valence-electron chi connectivity index (χ0n) is 16.2. The fourth-order valence-electron chi connectivity index (χ4n) is 3.39. The molecule has 0 aliphatic rings. The molecule has 2 N–H and O–H groups in total. The van der Waals surface area contributed by atoms with Crippen molar-refractivity contribution >= 4 is 34.4 Å². The summed E-state index contributed by atoms with van der Waals surface area (Å²) in [6, 6.07) is 9.59. The number of nitrogens with zero attached hydrogens (tertiary/aromatic N) is 2. The molecule has 0 saturated carbocycles. The number of rotatable bonds is 3. The van der Waals surface area contributed by atoms with Crippen molar-refractivity contribution in [1.29, 1.82) is 0 Å². The number of carboxylic acid groups (broad SMARTS) is 1. The van der Waals surface area contributed by atoms with Gasteiger partial charge in [-0.1, -0.05) is 29.8 Å². The summed E-state index contributed by atoms with van der Waals surface area (Å²) < 4.78 is 55.9. The van der Waals surface area contributed by atoms with Crippen LogP contribution in [0.15, 0.2) is 54.6 Å². The van der Waals surface area contributed by atoms with E-state index in [2.05, 4.69) is 5.10 Å². The number of aromatic carboxylic acids is 1. The number of hydrogen-bond acceptors (Lipinski definition) is 4. The lowest BCUT2D eigenvalue weighted by molar-refractivity contribution is -0.137. The maximum absolute atomic E-state index is 14.8. The van der Waals surface area contributed by atoms with Crippen LogP contribution >= 0.6 is 11.6 Å². The molecule has 0 amide bonds. The number of benzene rings is 3. The summed E-state index contributed by atoms with van der Waals surface area (Å²) in [4.78, 5) is 24.3. The Hall–Kier alpha value is -3.92. The summed E-state index contributed by atoms with van der Waals surface area (Å²) in [7, 11) is 0. The molecular weight excluding hydrogens is 468 g/mol. The largest absolute Gasteiger partial charge is 0.508 e. The lowest BCUT2D eigenvalue weighted by atomic mass is 10.0. The number of carboxylic acids is 1. The first-order valence-electron chi connectivity index (χ1n) is 9.14. The second kappa shape index (κ2) is 7.89. The molecule has 33 heavy (non-hydrogen) atoms. The number of alkyl halides is 3. The third-order valence-corrected chi connectivity index (χ3v) is 5.16. The lowest BCUT2D eigenvalue weighted by Crippen LogP contribution is -2.20. The molecular formula is C22H11ClF4N2O4. The van der Waals surface area contributed by atoms with Crippen LogP contribution in [0, 0.1) is 5.82 Å². The molecule has 0 atom stereocenters. The molecule has 168 valence electrons. The Bertz CT molecular complexity index is 1430. The molecule has 1 aromatic heterocycles. The fraction of sp³-hybridized carbons (Fsp3) is 0.0455. The minimum Gasteiger partial charge on any atom is -0.508 e. The van der Waals surface area contributed by atoms with Crippen LogP contribution in [0.5, 0.6) is 5.75 Å². The van der Waals surface area contributed by atoms with E-state index in [1.807, 2.05) is 0 Å². The molecule has 11 heteroatoms. The van der Waals surface area contributed by atoms with Gasteiger partial charge in [0.15, 0.2) is 0 Å². The predicted octanol–water partition coefficient (Wildman–Crippen LogP) is 5.61. The third kappa shape index (κ3) is 3.89. The Morgan fingerprint density at radius 1 is 1.03 bits per heavy atom. The second-order valence-electron chi connectivity index (χ2n) is 6.93. The average molecular weight is 479 g/mol. The van der Waals surface area contributed by atoms with E-state index >= 15 is 0 Å². The van der Waals surface area contributed by atoms with E-state index in [-0.39, 0.29) is 27.7 Å². The maximum atomic E-state index is 14.8. The minimum atomic E-state index is -4.91. The molecule has 0 fully saturated rings. The lowest BCUT2D eigenvalue weighted by Gasteiger charge is -2.13. The highest BCUT2D eigenvalue weighted by atomic mass is 35.5.